The molecule has 2 heterocycles. The first-order valence-corrected chi connectivity index (χ1v) is 7.24. The number of thiazole rings is 1. The number of oxazole rings is 1. The fraction of sp³-hybridized carbons (Fsp3) is 0.462. The molecule has 0 aliphatic carbocycles. The lowest BCUT2D eigenvalue weighted by molar-refractivity contribution is 0.463. The highest BCUT2D eigenvalue weighted by Crippen LogP contribution is 2.11. The van der Waals surface area contributed by atoms with Crippen LogP contribution in [-0.4, -0.2) is 23.0 Å². The van der Waals surface area contributed by atoms with Crippen LogP contribution >= 0.6 is 11.3 Å². The molecule has 0 aliphatic heterocycles. The highest BCUT2D eigenvalue weighted by Gasteiger charge is 2.07. The van der Waals surface area contributed by atoms with Gasteiger partial charge < -0.3 is 15.1 Å². The van der Waals surface area contributed by atoms with Crippen LogP contribution in [0, 0.1) is 20.8 Å². The molecule has 20 heavy (non-hydrogen) atoms. The third-order valence-electron chi connectivity index (χ3n) is 2.96. The first kappa shape index (κ1) is 14.5. The molecule has 0 aliphatic rings. The van der Waals surface area contributed by atoms with Crippen molar-refractivity contribution in [2.75, 3.05) is 7.05 Å². The van der Waals surface area contributed by atoms with Gasteiger partial charge in [0.15, 0.2) is 5.96 Å². The van der Waals surface area contributed by atoms with Gasteiger partial charge in [-0.25, -0.2) is 9.97 Å². The van der Waals surface area contributed by atoms with Gasteiger partial charge >= 0.3 is 0 Å². The zero-order chi connectivity index (χ0) is 14.5. The van der Waals surface area contributed by atoms with Crippen LogP contribution < -0.4 is 10.6 Å². The van der Waals surface area contributed by atoms with Crippen molar-refractivity contribution in [3.63, 3.8) is 0 Å². The van der Waals surface area contributed by atoms with Gasteiger partial charge in [-0.15, -0.1) is 11.3 Å². The summed E-state index contributed by atoms with van der Waals surface area (Å²) in [6.45, 7) is 7.06. The predicted molar refractivity (Wildman–Crippen MR) is 79.9 cm³/mol. The molecule has 0 amide bonds. The van der Waals surface area contributed by atoms with Crippen molar-refractivity contribution in [2.24, 2.45) is 4.99 Å². The van der Waals surface area contributed by atoms with Crippen molar-refractivity contribution >= 4 is 17.3 Å². The van der Waals surface area contributed by atoms with Crippen molar-refractivity contribution in [1.29, 1.82) is 0 Å². The van der Waals surface area contributed by atoms with Crippen molar-refractivity contribution < 1.29 is 4.42 Å². The number of nitrogens with one attached hydrogen (secondary N) is 2. The first-order chi connectivity index (χ1) is 9.60. The minimum Gasteiger partial charge on any atom is -0.444 e. The second-order valence-electron chi connectivity index (χ2n) is 4.39. The summed E-state index contributed by atoms with van der Waals surface area (Å²) >= 11 is 1.63. The molecular weight excluding hydrogens is 274 g/mol. The third-order valence-corrected chi connectivity index (χ3v) is 3.90. The Hall–Kier alpha value is -1.89. The Morgan fingerprint density at radius 3 is 2.55 bits per heavy atom. The zero-order valence-corrected chi connectivity index (χ0v) is 13.0. The maximum absolute atomic E-state index is 5.51. The highest BCUT2D eigenvalue weighted by atomic mass is 32.1. The number of guanidine groups is 1. The molecule has 0 radical (unpaired) electrons. The van der Waals surface area contributed by atoms with E-state index in [-0.39, 0.29) is 0 Å². The number of rotatable bonds is 4. The Morgan fingerprint density at radius 1 is 1.25 bits per heavy atom. The number of nitrogens with zero attached hydrogens (tertiary/aromatic N) is 3. The van der Waals surface area contributed by atoms with E-state index in [1.807, 2.05) is 26.3 Å². The molecule has 7 heteroatoms. The number of hydrogen-bond donors (Lipinski definition) is 2. The molecule has 0 spiro atoms. The molecule has 0 saturated carbocycles. The number of aryl methyl sites for hydroxylation is 3. The minimum atomic E-state index is 0.510. The first-order valence-electron chi connectivity index (χ1n) is 6.36. The summed E-state index contributed by atoms with van der Waals surface area (Å²) < 4.78 is 5.51. The summed E-state index contributed by atoms with van der Waals surface area (Å²) in [4.78, 5) is 13.9. The molecule has 0 bridgehead atoms. The molecule has 6 nitrogen and oxygen atoms in total. The van der Waals surface area contributed by atoms with Crippen molar-refractivity contribution in [3.8, 4) is 0 Å². The van der Waals surface area contributed by atoms with E-state index >= 15 is 0 Å². The Morgan fingerprint density at radius 2 is 2.00 bits per heavy atom. The lowest BCUT2D eigenvalue weighted by Gasteiger charge is -2.09. The smallest absolute Gasteiger partial charge is 0.214 e. The van der Waals surface area contributed by atoms with Crippen molar-refractivity contribution in [1.82, 2.24) is 20.6 Å². The number of aromatic nitrogens is 2. The van der Waals surface area contributed by atoms with Gasteiger partial charge in [-0.2, -0.15) is 0 Å². The summed E-state index contributed by atoms with van der Waals surface area (Å²) in [5.41, 5.74) is 3.82. The molecule has 2 N–H and O–H groups in total. The van der Waals surface area contributed by atoms with E-state index in [1.54, 1.807) is 18.4 Å². The van der Waals surface area contributed by atoms with Crippen molar-refractivity contribution in [3.05, 3.63) is 33.4 Å². The van der Waals surface area contributed by atoms with E-state index in [2.05, 4.69) is 25.6 Å². The fourth-order valence-electron chi connectivity index (χ4n) is 1.65. The van der Waals surface area contributed by atoms with Crippen molar-refractivity contribution in [2.45, 2.75) is 33.9 Å². The van der Waals surface area contributed by atoms with Gasteiger partial charge in [-0.05, 0) is 20.8 Å². The van der Waals surface area contributed by atoms with E-state index in [9.17, 15) is 0 Å². The molecule has 0 fully saturated rings. The molecule has 2 aromatic rings. The molecule has 0 aromatic carbocycles. The van der Waals surface area contributed by atoms with Crippen LogP contribution in [0.3, 0.4) is 0 Å². The maximum atomic E-state index is 5.51. The Bertz CT molecular complexity index is 582. The number of aliphatic imine (C=N–C) groups is 1. The van der Waals surface area contributed by atoms with Gasteiger partial charge in [0.1, 0.15) is 5.76 Å². The average molecular weight is 293 g/mol. The van der Waals surface area contributed by atoms with Gasteiger partial charge in [0.25, 0.3) is 0 Å². The molecule has 0 saturated heterocycles. The second-order valence-corrected chi connectivity index (χ2v) is 5.33. The summed E-state index contributed by atoms with van der Waals surface area (Å²) in [7, 11) is 1.74. The van der Waals surface area contributed by atoms with Crippen LogP contribution in [0.2, 0.25) is 0 Å². The maximum Gasteiger partial charge on any atom is 0.214 e. The van der Waals surface area contributed by atoms with E-state index < -0.39 is 0 Å². The predicted octanol–water partition coefficient (Wildman–Crippen LogP) is 1.92. The lowest BCUT2D eigenvalue weighted by Crippen LogP contribution is -2.36. The van der Waals surface area contributed by atoms with E-state index in [0.29, 0.717) is 24.9 Å². The second kappa shape index (κ2) is 6.51. The lowest BCUT2D eigenvalue weighted by atomic mass is 10.4. The Kier molecular flexibility index (Phi) is 4.73. The summed E-state index contributed by atoms with van der Waals surface area (Å²) in [5.74, 6) is 2.23. The highest BCUT2D eigenvalue weighted by molar-refractivity contribution is 7.09. The molecule has 2 rings (SSSR count). The molecule has 108 valence electrons. The Labute approximate surface area is 122 Å². The fourth-order valence-corrected chi connectivity index (χ4v) is 2.37. The summed E-state index contributed by atoms with van der Waals surface area (Å²) in [6.07, 6.45) is 0. The Balaban J connectivity index is 1.85. The normalized spacial score (nSPS) is 11.7. The van der Waals surface area contributed by atoms with Gasteiger partial charge in [0.05, 0.1) is 30.0 Å². The van der Waals surface area contributed by atoms with Gasteiger partial charge in [0, 0.05) is 11.9 Å². The molecule has 0 unspecified atom stereocenters. The summed E-state index contributed by atoms with van der Waals surface area (Å²) in [5, 5.41) is 6.42. The quantitative estimate of drug-likeness (QED) is 0.665. The van der Waals surface area contributed by atoms with Crippen LogP contribution in [0.5, 0.6) is 0 Å². The van der Waals surface area contributed by atoms with E-state index in [1.165, 1.54) is 4.88 Å². The van der Waals surface area contributed by atoms with Gasteiger partial charge in [-0.1, -0.05) is 0 Å². The standard InChI is InChI=1S/C13H19N5OS/c1-8-10(3)19-12(18-8)6-16-13(14-4)15-5-11-9(2)17-7-20-11/h7H,5-6H2,1-4H3,(H2,14,15,16). The van der Waals surface area contributed by atoms with Crippen LogP contribution in [-0.2, 0) is 13.1 Å². The third kappa shape index (κ3) is 3.57. The van der Waals surface area contributed by atoms with E-state index in [0.717, 1.165) is 17.1 Å². The van der Waals surface area contributed by atoms with E-state index in [4.69, 9.17) is 4.42 Å². The average Bonchev–Trinajstić information content (AvgIpc) is 2.97. The molecule has 0 atom stereocenters. The summed E-state index contributed by atoms with van der Waals surface area (Å²) in [6, 6.07) is 0. The van der Waals surface area contributed by atoms with Crippen LogP contribution in [0.4, 0.5) is 0 Å². The monoisotopic (exact) mass is 293 g/mol. The van der Waals surface area contributed by atoms with Gasteiger partial charge in [-0.3, -0.25) is 4.99 Å². The van der Waals surface area contributed by atoms with Crippen LogP contribution in [0.15, 0.2) is 14.9 Å². The topological polar surface area (TPSA) is 75.3 Å². The van der Waals surface area contributed by atoms with Gasteiger partial charge in [0.2, 0.25) is 5.89 Å². The van der Waals surface area contributed by atoms with Crippen LogP contribution in [0.25, 0.3) is 0 Å². The SMILES string of the molecule is CN=C(NCc1nc(C)c(C)o1)NCc1scnc1C. The molecule has 2 aromatic heterocycles. The van der Waals surface area contributed by atoms with Crippen LogP contribution in [0.1, 0.15) is 27.9 Å². The minimum absolute atomic E-state index is 0.510. The largest absolute Gasteiger partial charge is 0.444 e. The zero-order valence-electron chi connectivity index (χ0n) is 12.1. The molecular formula is C13H19N5OS. The number of hydrogen-bond acceptors (Lipinski definition) is 5.